The Kier molecular flexibility index (Phi) is 9.17. The lowest BCUT2D eigenvalue weighted by Gasteiger charge is -2.43. The lowest BCUT2D eigenvalue weighted by atomic mass is 9.97. The molecule has 0 nitrogen and oxygen atoms in total. The van der Waals surface area contributed by atoms with Crippen molar-refractivity contribution in [3.8, 4) is 22.3 Å². The van der Waals surface area contributed by atoms with Gasteiger partial charge in [0.2, 0.25) is 0 Å². The molecule has 0 spiro atoms. The SMILES string of the molecule is Cc1ccccc1-c1c(C)cccc1[P@](C1CCCCC1)P(c1ccc(-c2ccccc2)cc1)C1CCCCC1. The molecule has 1 unspecified atom stereocenters. The second-order valence-electron chi connectivity index (χ2n) is 12.0. The summed E-state index contributed by atoms with van der Waals surface area (Å²) in [6, 6.07) is 37.3. The largest absolute Gasteiger partial charge is 0.0622 e. The van der Waals surface area contributed by atoms with E-state index in [4.69, 9.17) is 0 Å². The van der Waals surface area contributed by atoms with Gasteiger partial charge in [0.1, 0.15) is 0 Å². The molecule has 6 rings (SSSR count). The van der Waals surface area contributed by atoms with E-state index in [-0.39, 0.29) is 15.2 Å². The van der Waals surface area contributed by atoms with E-state index in [2.05, 4.69) is 111 Å². The Balaban J connectivity index is 1.51. The van der Waals surface area contributed by atoms with E-state index in [0.717, 1.165) is 11.3 Å². The molecule has 0 heterocycles. The van der Waals surface area contributed by atoms with Crippen molar-refractivity contribution in [2.45, 2.75) is 89.4 Å². The molecule has 0 aliphatic heterocycles. The van der Waals surface area contributed by atoms with Gasteiger partial charge in [-0.25, -0.2) is 0 Å². The second-order valence-corrected chi connectivity index (χ2v) is 18.4. The zero-order chi connectivity index (χ0) is 27.3. The summed E-state index contributed by atoms with van der Waals surface area (Å²) in [6.07, 6.45) is 14.2. The van der Waals surface area contributed by atoms with Crippen LogP contribution in [0.15, 0.2) is 97.1 Å². The Morgan fingerprint density at radius 3 is 1.68 bits per heavy atom. The summed E-state index contributed by atoms with van der Waals surface area (Å²) in [5.74, 6) is 0. The fourth-order valence-corrected chi connectivity index (χ4v) is 17.9. The van der Waals surface area contributed by atoms with Gasteiger partial charge in [-0.15, -0.1) is 0 Å². The number of benzene rings is 4. The first kappa shape index (κ1) is 27.9. The molecule has 0 bridgehead atoms. The molecule has 2 aliphatic carbocycles. The summed E-state index contributed by atoms with van der Waals surface area (Å²) in [4.78, 5) is 0. The van der Waals surface area contributed by atoms with Gasteiger partial charge >= 0.3 is 0 Å². The highest BCUT2D eigenvalue weighted by atomic mass is 32.1. The Labute approximate surface area is 245 Å². The van der Waals surface area contributed by atoms with Crippen molar-refractivity contribution >= 4 is 25.8 Å². The van der Waals surface area contributed by atoms with E-state index in [0.29, 0.717) is 0 Å². The van der Waals surface area contributed by atoms with E-state index in [1.54, 1.807) is 16.2 Å². The summed E-state index contributed by atoms with van der Waals surface area (Å²) >= 11 is 0. The molecule has 2 aliphatic rings. The molecule has 2 atom stereocenters. The van der Waals surface area contributed by atoms with Gasteiger partial charge in [0.25, 0.3) is 0 Å². The minimum atomic E-state index is -0.309. The monoisotopic (exact) mass is 562 g/mol. The summed E-state index contributed by atoms with van der Waals surface area (Å²) in [5.41, 5.74) is 10.2. The average molecular weight is 563 g/mol. The highest BCUT2D eigenvalue weighted by Crippen LogP contribution is 2.76. The van der Waals surface area contributed by atoms with Crippen LogP contribution in [0.2, 0.25) is 0 Å². The number of hydrogen-bond donors (Lipinski definition) is 0. The van der Waals surface area contributed by atoms with Gasteiger partial charge in [-0.05, 0) is 110 Å². The molecule has 0 amide bonds. The van der Waals surface area contributed by atoms with E-state index < -0.39 is 0 Å². The fourth-order valence-electron chi connectivity index (χ4n) is 7.14. The van der Waals surface area contributed by atoms with Gasteiger partial charge in [-0.2, -0.15) is 0 Å². The Morgan fingerprint density at radius 1 is 0.475 bits per heavy atom. The van der Waals surface area contributed by atoms with Gasteiger partial charge in [-0.3, -0.25) is 0 Å². The van der Waals surface area contributed by atoms with Crippen LogP contribution >= 0.6 is 15.2 Å². The number of aryl methyl sites for hydroxylation is 2. The molecule has 0 N–H and O–H groups in total. The highest BCUT2D eigenvalue weighted by molar-refractivity contribution is 8.36. The molecule has 2 heteroatoms. The topological polar surface area (TPSA) is 0 Å². The summed E-state index contributed by atoms with van der Waals surface area (Å²) in [7, 11) is -0.590. The minimum absolute atomic E-state index is 0.282. The molecular formula is C38H44P2. The third-order valence-electron chi connectivity index (χ3n) is 9.22. The van der Waals surface area contributed by atoms with Gasteiger partial charge < -0.3 is 0 Å². The molecule has 2 saturated carbocycles. The zero-order valence-electron chi connectivity index (χ0n) is 24.4. The summed E-state index contributed by atoms with van der Waals surface area (Å²) in [5, 5.41) is 3.37. The molecule has 0 radical (unpaired) electrons. The standard InChI is InChI=1S/C38H44P2/c1-29-15-12-13-23-36(29)38-30(2)16-14-24-37(38)40(34-21-10-5-11-22-34)39(33-19-8-4-9-20-33)35-27-25-32(26-28-35)31-17-6-3-7-18-31/h3,6-7,12-18,23-28,33-34H,4-5,8-11,19-22H2,1-2H3/t39?,40-/m0/s1. The zero-order valence-corrected chi connectivity index (χ0v) is 26.1. The first-order valence-electron chi connectivity index (χ1n) is 15.6. The quantitative estimate of drug-likeness (QED) is 0.197. The van der Waals surface area contributed by atoms with Crippen molar-refractivity contribution in [1.82, 2.24) is 0 Å². The molecular weight excluding hydrogens is 518 g/mol. The second kappa shape index (κ2) is 13.1. The van der Waals surface area contributed by atoms with E-state index >= 15 is 0 Å². The minimum Gasteiger partial charge on any atom is -0.0622 e. The maximum Gasteiger partial charge on any atom is -0.00713 e. The van der Waals surface area contributed by atoms with Crippen LogP contribution in [0.25, 0.3) is 22.3 Å². The van der Waals surface area contributed by atoms with E-state index in [1.807, 2.05) is 0 Å². The van der Waals surface area contributed by atoms with Crippen molar-refractivity contribution in [3.63, 3.8) is 0 Å². The first-order valence-corrected chi connectivity index (χ1v) is 19.1. The van der Waals surface area contributed by atoms with Crippen molar-refractivity contribution in [2.24, 2.45) is 0 Å². The van der Waals surface area contributed by atoms with E-state index in [1.165, 1.54) is 92.0 Å². The third-order valence-corrected chi connectivity index (χ3v) is 18.5. The number of rotatable bonds is 7. The van der Waals surface area contributed by atoms with Gasteiger partial charge in [0.05, 0.1) is 0 Å². The number of hydrogen-bond acceptors (Lipinski definition) is 0. The van der Waals surface area contributed by atoms with Crippen LogP contribution < -0.4 is 10.6 Å². The Hall–Kier alpha value is -2.26. The fraction of sp³-hybridized carbons (Fsp3) is 0.368. The van der Waals surface area contributed by atoms with Crippen LogP contribution in [-0.4, -0.2) is 11.3 Å². The third kappa shape index (κ3) is 6.01. The molecule has 40 heavy (non-hydrogen) atoms. The van der Waals surface area contributed by atoms with Crippen LogP contribution in [-0.2, 0) is 0 Å². The highest BCUT2D eigenvalue weighted by Gasteiger charge is 2.38. The van der Waals surface area contributed by atoms with Crippen LogP contribution in [0.4, 0.5) is 0 Å². The molecule has 0 aromatic heterocycles. The van der Waals surface area contributed by atoms with Crippen LogP contribution in [0.3, 0.4) is 0 Å². The lowest BCUT2D eigenvalue weighted by molar-refractivity contribution is 0.509. The maximum absolute atomic E-state index is 2.56. The van der Waals surface area contributed by atoms with Gasteiger partial charge in [0.15, 0.2) is 0 Å². The smallest absolute Gasteiger partial charge is 0.00713 e. The normalized spacial score (nSPS) is 18.4. The average Bonchev–Trinajstić information content (AvgIpc) is 3.02. The Morgan fingerprint density at radius 2 is 1.02 bits per heavy atom. The van der Waals surface area contributed by atoms with Crippen molar-refractivity contribution in [3.05, 3.63) is 108 Å². The maximum atomic E-state index is 2.56. The van der Waals surface area contributed by atoms with Crippen LogP contribution in [0.5, 0.6) is 0 Å². The van der Waals surface area contributed by atoms with Gasteiger partial charge in [-0.1, -0.05) is 136 Å². The molecule has 4 aromatic rings. The molecule has 206 valence electrons. The predicted octanol–water partition coefficient (Wildman–Crippen LogP) is 11.1. The van der Waals surface area contributed by atoms with Gasteiger partial charge in [0, 0.05) is 0 Å². The molecule has 2 fully saturated rings. The van der Waals surface area contributed by atoms with Crippen molar-refractivity contribution in [1.29, 1.82) is 0 Å². The summed E-state index contributed by atoms with van der Waals surface area (Å²) in [6.45, 7) is 4.66. The summed E-state index contributed by atoms with van der Waals surface area (Å²) < 4.78 is 0. The predicted molar refractivity (Wildman–Crippen MR) is 180 cm³/mol. The van der Waals surface area contributed by atoms with Crippen molar-refractivity contribution < 1.29 is 0 Å². The van der Waals surface area contributed by atoms with Crippen LogP contribution in [0.1, 0.15) is 75.3 Å². The van der Waals surface area contributed by atoms with Crippen molar-refractivity contribution in [2.75, 3.05) is 0 Å². The molecule has 4 aromatic carbocycles. The Bertz CT molecular complexity index is 1380. The first-order chi connectivity index (χ1) is 19.7. The molecule has 0 saturated heterocycles. The van der Waals surface area contributed by atoms with E-state index in [9.17, 15) is 0 Å². The lowest BCUT2D eigenvalue weighted by Crippen LogP contribution is -2.25. The van der Waals surface area contributed by atoms with Crippen LogP contribution in [0, 0.1) is 13.8 Å².